The van der Waals surface area contributed by atoms with E-state index in [-0.39, 0.29) is 0 Å². The Morgan fingerprint density at radius 3 is 2.64 bits per heavy atom. The molecule has 0 aromatic heterocycles. The molecule has 1 fully saturated rings. The van der Waals surface area contributed by atoms with Crippen LogP contribution >= 0.6 is 0 Å². The first-order chi connectivity index (χ1) is 5.27. The van der Waals surface area contributed by atoms with Crippen molar-refractivity contribution in [3.05, 3.63) is 29.3 Å². The molecule has 0 heterocycles. The Labute approximate surface area is 66.7 Å². The van der Waals surface area contributed by atoms with Crippen LogP contribution in [0.25, 0.3) is 0 Å². The number of aryl methyl sites for hydroxylation is 1. The number of phenolic OH excluding ortho intramolecular Hbond substituents is 1. The summed E-state index contributed by atoms with van der Waals surface area (Å²) >= 11 is 0. The van der Waals surface area contributed by atoms with Crippen LogP contribution in [0.15, 0.2) is 18.2 Å². The molecule has 0 amide bonds. The quantitative estimate of drug-likeness (QED) is 0.649. The number of phenols is 1. The number of benzene rings is 1. The molecule has 0 bridgehead atoms. The molecular weight excluding hydrogens is 136 g/mol. The van der Waals surface area contributed by atoms with Crippen LogP contribution in [0.4, 0.5) is 0 Å². The lowest BCUT2D eigenvalue weighted by atomic mass is 10.1. The van der Waals surface area contributed by atoms with Gasteiger partial charge in [0.2, 0.25) is 0 Å². The van der Waals surface area contributed by atoms with E-state index in [4.69, 9.17) is 0 Å². The van der Waals surface area contributed by atoms with Crippen molar-refractivity contribution < 1.29 is 5.11 Å². The van der Waals surface area contributed by atoms with Crippen molar-refractivity contribution >= 4 is 0 Å². The zero-order chi connectivity index (χ0) is 7.84. The SMILES string of the molecule is Cc1ccc(C2CC2)cc1O. The third kappa shape index (κ3) is 1.23. The first-order valence-electron chi connectivity index (χ1n) is 4.07. The van der Waals surface area contributed by atoms with Gasteiger partial charge >= 0.3 is 0 Å². The molecule has 0 radical (unpaired) electrons. The maximum absolute atomic E-state index is 9.38. The fraction of sp³-hybridized carbons (Fsp3) is 0.400. The number of rotatable bonds is 1. The molecule has 0 aliphatic heterocycles. The highest BCUT2D eigenvalue weighted by Gasteiger charge is 2.23. The highest BCUT2D eigenvalue weighted by atomic mass is 16.3. The van der Waals surface area contributed by atoms with Crippen molar-refractivity contribution in [2.75, 3.05) is 0 Å². The fourth-order valence-electron chi connectivity index (χ4n) is 1.30. The molecule has 0 unspecified atom stereocenters. The first kappa shape index (κ1) is 6.71. The average molecular weight is 148 g/mol. The second kappa shape index (κ2) is 2.26. The van der Waals surface area contributed by atoms with Gasteiger partial charge in [-0.05, 0) is 42.9 Å². The van der Waals surface area contributed by atoms with E-state index in [9.17, 15) is 5.11 Å². The Morgan fingerprint density at radius 1 is 1.36 bits per heavy atom. The maximum atomic E-state index is 9.38. The van der Waals surface area contributed by atoms with Gasteiger partial charge in [-0.1, -0.05) is 12.1 Å². The van der Waals surface area contributed by atoms with Gasteiger partial charge in [0.1, 0.15) is 5.75 Å². The molecule has 1 saturated carbocycles. The van der Waals surface area contributed by atoms with Crippen molar-refractivity contribution in [2.45, 2.75) is 25.7 Å². The molecule has 1 nitrogen and oxygen atoms in total. The van der Waals surface area contributed by atoms with Gasteiger partial charge in [0.05, 0.1) is 0 Å². The van der Waals surface area contributed by atoms with E-state index in [2.05, 4.69) is 6.07 Å². The lowest BCUT2D eigenvalue weighted by Crippen LogP contribution is -1.80. The van der Waals surface area contributed by atoms with Crippen molar-refractivity contribution in [2.24, 2.45) is 0 Å². The van der Waals surface area contributed by atoms with Gasteiger partial charge in [-0.2, -0.15) is 0 Å². The summed E-state index contributed by atoms with van der Waals surface area (Å²) in [5, 5.41) is 9.38. The summed E-state index contributed by atoms with van der Waals surface area (Å²) in [5.74, 6) is 1.18. The lowest BCUT2D eigenvalue weighted by Gasteiger charge is -2.01. The van der Waals surface area contributed by atoms with E-state index >= 15 is 0 Å². The summed E-state index contributed by atoms with van der Waals surface area (Å²) in [6, 6.07) is 6.00. The topological polar surface area (TPSA) is 20.2 Å². The van der Waals surface area contributed by atoms with E-state index in [1.807, 2.05) is 19.1 Å². The number of aromatic hydroxyl groups is 1. The van der Waals surface area contributed by atoms with Crippen LogP contribution in [0.1, 0.15) is 29.9 Å². The van der Waals surface area contributed by atoms with E-state index in [1.165, 1.54) is 18.4 Å². The summed E-state index contributed by atoms with van der Waals surface area (Å²) in [7, 11) is 0. The largest absolute Gasteiger partial charge is 0.508 e. The Hall–Kier alpha value is -0.980. The van der Waals surface area contributed by atoms with Crippen LogP contribution in [0, 0.1) is 6.92 Å². The summed E-state index contributed by atoms with van der Waals surface area (Å²) in [4.78, 5) is 0. The molecule has 1 N–H and O–H groups in total. The minimum absolute atomic E-state index is 0.439. The van der Waals surface area contributed by atoms with E-state index in [0.29, 0.717) is 5.75 Å². The molecule has 1 heteroatoms. The van der Waals surface area contributed by atoms with Gasteiger partial charge in [-0.25, -0.2) is 0 Å². The highest BCUT2D eigenvalue weighted by molar-refractivity contribution is 5.38. The van der Waals surface area contributed by atoms with Gasteiger partial charge in [0.15, 0.2) is 0 Å². The second-order valence-electron chi connectivity index (χ2n) is 3.32. The molecule has 0 saturated heterocycles. The monoisotopic (exact) mass is 148 g/mol. The van der Waals surface area contributed by atoms with E-state index in [1.54, 1.807) is 0 Å². The van der Waals surface area contributed by atoms with Gasteiger partial charge in [0.25, 0.3) is 0 Å². The highest BCUT2D eigenvalue weighted by Crippen LogP contribution is 2.41. The van der Waals surface area contributed by atoms with E-state index in [0.717, 1.165) is 11.5 Å². The standard InChI is InChI=1S/C10H12O/c1-7-2-3-9(6-10(7)11)8-4-5-8/h2-3,6,8,11H,4-5H2,1H3. The van der Waals surface area contributed by atoms with Crippen LogP contribution in [0.5, 0.6) is 5.75 Å². The molecule has 0 spiro atoms. The van der Waals surface area contributed by atoms with Gasteiger partial charge in [-0.3, -0.25) is 0 Å². The zero-order valence-corrected chi connectivity index (χ0v) is 6.67. The molecule has 11 heavy (non-hydrogen) atoms. The molecular formula is C10H12O. The second-order valence-corrected chi connectivity index (χ2v) is 3.32. The fourth-order valence-corrected chi connectivity index (χ4v) is 1.30. The summed E-state index contributed by atoms with van der Waals surface area (Å²) < 4.78 is 0. The predicted molar refractivity (Wildman–Crippen MR) is 44.8 cm³/mol. The molecule has 2 rings (SSSR count). The maximum Gasteiger partial charge on any atom is 0.118 e. The molecule has 1 aliphatic rings. The molecule has 58 valence electrons. The Morgan fingerprint density at radius 2 is 2.09 bits per heavy atom. The van der Waals surface area contributed by atoms with Gasteiger partial charge < -0.3 is 5.11 Å². The summed E-state index contributed by atoms with van der Waals surface area (Å²) in [5.41, 5.74) is 2.27. The minimum Gasteiger partial charge on any atom is -0.508 e. The number of hydrogen-bond acceptors (Lipinski definition) is 1. The van der Waals surface area contributed by atoms with Crippen LogP contribution in [0.3, 0.4) is 0 Å². The minimum atomic E-state index is 0.439. The van der Waals surface area contributed by atoms with Crippen molar-refractivity contribution in [3.8, 4) is 5.75 Å². The summed E-state index contributed by atoms with van der Waals surface area (Å²) in [6.45, 7) is 1.92. The van der Waals surface area contributed by atoms with E-state index < -0.39 is 0 Å². The zero-order valence-electron chi connectivity index (χ0n) is 6.67. The third-order valence-corrected chi connectivity index (χ3v) is 2.28. The Kier molecular flexibility index (Phi) is 1.38. The average Bonchev–Trinajstić information content (AvgIpc) is 2.77. The van der Waals surface area contributed by atoms with Crippen LogP contribution in [-0.4, -0.2) is 5.11 Å². The summed E-state index contributed by atoms with van der Waals surface area (Å²) in [6.07, 6.45) is 2.59. The van der Waals surface area contributed by atoms with Gasteiger partial charge in [0, 0.05) is 0 Å². The third-order valence-electron chi connectivity index (χ3n) is 2.28. The van der Waals surface area contributed by atoms with Crippen LogP contribution in [0.2, 0.25) is 0 Å². The molecule has 0 atom stereocenters. The predicted octanol–water partition coefficient (Wildman–Crippen LogP) is 2.58. The molecule has 1 aromatic rings. The van der Waals surface area contributed by atoms with Gasteiger partial charge in [-0.15, -0.1) is 0 Å². The van der Waals surface area contributed by atoms with Crippen molar-refractivity contribution in [1.82, 2.24) is 0 Å². The lowest BCUT2D eigenvalue weighted by molar-refractivity contribution is 0.470. The van der Waals surface area contributed by atoms with Crippen LogP contribution in [-0.2, 0) is 0 Å². The van der Waals surface area contributed by atoms with Crippen molar-refractivity contribution in [1.29, 1.82) is 0 Å². The first-order valence-corrected chi connectivity index (χ1v) is 4.07. The van der Waals surface area contributed by atoms with Crippen molar-refractivity contribution in [3.63, 3.8) is 0 Å². The molecule has 1 aromatic carbocycles. The van der Waals surface area contributed by atoms with Crippen LogP contribution < -0.4 is 0 Å². The number of hydrogen-bond donors (Lipinski definition) is 1. The molecule has 1 aliphatic carbocycles. The Bertz CT molecular complexity index is 274. The normalized spacial score (nSPS) is 16.8. The smallest absolute Gasteiger partial charge is 0.118 e. The Balaban J connectivity index is 2.36.